The second kappa shape index (κ2) is 6.98. The van der Waals surface area contributed by atoms with Gasteiger partial charge in [-0.05, 0) is 36.4 Å². The molecule has 0 aliphatic heterocycles. The molecule has 2 rings (SSSR count). The number of benzene rings is 2. The molecule has 106 valence electrons. The molecule has 2 aromatic rings. The van der Waals surface area contributed by atoms with Crippen LogP contribution in [0.4, 0.5) is 5.69 Å². The Morgan fingerprint density at radius 3 is 2.55 bits per heavy atom. The molecule has 0 aliphatic rings. The molecule has 0 amide bonds. The van der Waals surface area contributed by atoms with E-state index >= 15 is 0 Å². The fraction of sp³-hybridized carbons (Fsp3) is 0.250. The van der Waals surface area contributed by atoms with E-state index in [1.807, 2.05) is 44.4 Å². The maximum absolute atomic E-state index is 6.36. The van der Waals surface area contributed by atoms with Crippen LogP contribution < -0.4 is 10.2 Å². The van der Waals surface area contributed by atoms with Crippen LogP contribution in [0.1, 0.15) is 11.1 Å². The molecule has 0 fully saturated rings. The molecule has 2 aromatic carbocycles. The number of rotatable bonds is 5. The van der Waals surface area contributed by atoms with Gasteiger partial charge in [0.05, 0.1) is 10.7 Å². The summed E-state index contributed by atoms with van der Waals surface area (Å²) in [5.74, 6) is 0. The maximum atomic E-state index is 6.36. The van der Waals surface area contributed by atoms with Crippen molar-refractivity contribution in [2.24, 2.45) is 0 Å². The van der Waals surface area contributed by atoms with Gasteiger partial charge in [0, 0.05) is 25.2 Å². The summed E-state index contributed by atoms with van der Waals surface area (Å²) in [5, 5.41) is 4.69. The van der Waals surface area contributed by atoms with Crippen LogP contribution in [0, 0.1) is 0 Å². The van der Waals surface area contributed by atoms with E-state index in [-0.39, 0.29) is 0 Å². The normalized spacial score (nSPS) is 10.6. The monoisotopic (exact) mass is 308 g/mol. The predicted octanol–water partition coefficient (Wildman–Crippen LogP) is 4.35. The highest BCUT2D eigenvalue weighted by molar-refractivity contribution is 6.33. The van der Waals surface area contributed by atoms with Gasteiger partial charge in [0.25, 0.3) is 0 Å². The first-order valence-corrected chi connectivity index (χ1v) is 7.25. The molecule has 20 heavy (non-hydrogen) atoms. The van der Waals surface area contributed by atoms with Crippen LogP contribution in [0.25, 0.3) is 0 Å². The van der Waals surface area contributed by atoms with Crippen molar-refractivity contribution in [1.29, 1.82) is 0 Å². The molecule has 0 aromatic heterocycles. The summed E-state index contributed by atoms with van der Waals surface area (Å²) in [4.78, 5) is 2.15. The third-order valence-corrected chi connectivity index (χ3v) is 3.67. The number of hydrogen-bond acceptors (Lipinski definition) is 2. The summed E-state index contributed by atoms with van der Waals surface area (Å²) in [5.41, 5.74) is 3.41. The van der Waals surface area contributed by atoms with Gasteiger partial charge in [0.2, 0.25) is 0 Å². The summed E-state index contributed by atoms with van der Waals surface area (Å²) in [6, 6.07) is 13.9. The molecule has 0 radical (unpaired) electrons. The Balaban J connectivity index is 2.26. The number of hydrogen-bond donors (Lipinski definition) is 1. The number of para-hydroxylation sites is 1. The quantitative estimate of drug-likeness (QED) is 0.883. The van der Waals surface area contributed by atoms with Crippen LogP contribution in [0.5, 0.6) is 0 Å². The highest BCUT2D eigenvalue weighted by Crippen LogP contribution is 2.30. The Morgan fingerprint density at radius 2 is 1.85 bits per heavy atom. The lowest BCUT2D eigenvalue weighted by molar-refractivity contribution is 0.805. The number of halogens is 2. The molecule has 2 nitrogen and oxygen atoms in total. The van der Waals surface area contributed by atoms with E-state index in [0.29, 0.717) is 0 Å². The van der Waals surface area contributed by atoms with Crippen molar-refractivity contribution in [2.75, 3.05) is 19.0 Å². The highest BCUT2D eigenvalue weighted by atomic mass is 35.5. The molecule has 1 N–H and O–H groups in total. The van der Waals surface area contributed by atoms with E-state index in [4.69, 9.17) is 23.2 Å². The van der Waals surface area contributed by atoms with E-state index in [2.05, 4.69) is 22.3 Å². The van der Waals surface area contributed by atoms with E-state index in [0.717, 1.165) is 34.4 Å². The predicted molar refractivity (Wildman–Crippen MR) is 87.8 cm³/mol. The summed E-state index contributed by atoms with van der Waals surface area (Å²) in [6.07, 6.45) is 0. The molecule has 0 aliphatic carbocycles. The molecule has 0 heterocycles. The van der Waals surface area contributed by atoms with E-state index in [1.165, 1.54) is 5.56 Å². The Morgan fingerprint density at radius 1 is 1.10 bits per heavy atom. The lowest BCUT2D eigenvalue weighted by Gasteiger charge is -2.24. The summed E-state index contributed by atoms with van der Waals surface area (Å²) >= 11 is 12.4. The first-order chi connectivity index (χ1) is 9.61. The third kappa shape index (κ3) is 3.66. The number of nitrogens with one attached hydrogen (secondary N) is 1. The Kier molecular flexibility index (Phi) is 5.30. The van der Waals surface area contributed by atoms with Crippen molar-refractivity contribution in [2.45, 2.75) is 13.1 Å². The van der Waals surface area contributed by atoms with Crippen molar-refractivity contribution in [3.8, 4) is 0 Å². The molecular weight excluding hydrogens is 291 g/mol. The number of anilines is 1. The van der Waals surface area contributed by atoms with Gasteiger partial charge in [-0.15, -0.1) is 0 Å². The molecule has 0 bridgehead atoms. The molecular formula is C16H18Cl2N2. The van der Waals surface area contributed by atoms with Crippen LogP contribution in [0.3, 0.4) is 0 Å². The van der Waals surface area contributed by atoms with Gasteiger partial charge in [-0.2, -0.15) is 0 Å². The smallest absolute Gasteiger partial charge is 0.0642 e. The van der Waals surface area contributed by atoms with Gasteiger partial charge in [0.1, 0.15) is 0 Å². The molecule has 0 saturated heterocycles. The van der Waals surface area contributed by atoms with Crippen molar-refractivity contribution in [3.63, 3.8) is 0 Å². The SMILES string of the molecule is CNCc1cccc(Cl)c1N(C)Cc1cccc(Cl)c1. The van der Waals surface area contributed by atoms with Crippen molar-refractivity contribution in [3.05, 3.63) is 63.6 Å². The lowest BCUT2D eigenvalue weighted by atomic mass is 10.1. The first-order valence-electron chi connectivity index (χ1n) is 6.49. The van der Waals surface area contributed by atoms with E-state index < -0.39 is 0 Å². The zero-order valence-corrected chi connectivity index (χ0v) is 13.2. The van der Waals surface area contributed by atoms with E-state index in [9.17, 15) is 0 Å². The number of nitrogens with zero attached hydrogens (tertiary/aromatic N) is 1. The van der Waals surface area contributed by atoms with Gasteiger partial charge in [-0.3, -0.25) is 0 Å². The van der Waals surface area contributed by atoms with Crippen molar-refractivity contribution < 1.29 is 0 Å². The van der Waals surface area contributed by atoms with Crippen LogP contribution in [0.15, 0.2) is 42.5 Å². The minimum Gasteiger partial charge on any atom is -0.369 e. The van der Waals surface area contributed by atoms with Crippen molar-refractivity contribution >= 4 is 28.9 Å². The topological polar surface area (TPSA) is 15.3 Å². The zero-order chi connectivity index (χ0) is 14.5. The average molecular weight is 309 g/mol. The van der Waals surface area contributed by atoms with Gasteiger partial charge in [-0.1, -0.05) is 47.5 Å². The van der Waals surface area contributed by atoms with Gasteiger partial charge in [0.15, 0.2) is 0 Å². The minimum atomic E-state index is 0.755. The Hall–Kier alpha value is -1.22. The fourth-order valence-corrected chi connectivity index (χ4v) is 2.86. The first kappa shape index (κ1) is 15.2. The Bertz CT molecular complexity index is 584. The third-order valence-electron chi connectivity index (χ3n) is 3.13. The zero-order valence-electron chi connectivity index (χ0n) is 11.7. The van der Waals surface area contributed by atoms with Crippen LogP contribution in [-0.4, -0.2) is 14.1 Å². The summed E-state index contributed by atoms with van der Waals surface area (Å²) < 4.78 is 0. The maximum Gasteiger partial charge on any atom is 0.0642 e. The largest absolute Gasteiger partial charge is 0.369 e. The van der Waals surface area contributed by atoms with Gasteiger partial charge in [-0.25, -0.2) is 0 Å². The van der Waals surface area contributed by atoms with Crippen LogP contribution in [-0.2, 0) is 13.1 Å². The van der Waals surface area contributed by atoms with Gasteiger partial charge >= 0.3 is 0 Å². The minimum absolute atomic E-state index is 0.755. The highest BCUT2D eigenvalue weighted by Gasteiger charge is 2.11. The molecule has 0 saturated carbocycles. The Labute approximate surface area is 130 Å². The molecule has 0 spiro atoms. The summed E-state index contributed by atoms with van der Waals surface area (Å²) in [7, 11) is 3.98. The molecule has 0 atom stereocenters. The van der Waals surface area contributed by atoms with Crippen molar-refractivity contribution in [1.82, 2.24) is 5.32 Å². The molecule has 4 heteroatoms. The second-order valence-corrected chi connectivity index (χ2v) is 5.61. The van der Waals surface area contributed by atoms with E-state index in [1.54, 1.807) is 0 Å². The van der Waals surface area contributed by atoms with Gasteiger partial charge < -0.3 is 10.2 Å². The van der Waals surface area contributed by atoms with Crippen LogP contribution >= 0.6 is 23.2 Å². The lowest BCUT2D eigenvalue weighted by Crippen LogP contribution is -2.20. The molecule has 0 unspecified atom stereocenters. The average Bonchev–Trinajstić information content (AvgIpc) is 2.39. The second-order valence-electron chi connectivity index (χ2n) is 4.76. The standard InChI is InChI=1S/C16H18Cl2N2/c1-19-10-13-6-4-8-15(18)16(13)20(2)11-12-5-3-7-14(17)9-12/h3-9,19H,10-11H2,1-2H3. The van der Waals surface area contributed by atoms with Crippen LogP contribution in [0.2, 0.25) is 10.0 Å². The fourth-order valence-electron chi connectivity index (χ4n) is 2.31. The summed E-state index contributed by atoms with van der Waals surface area (Å²) in [6.45, 7) is 1.55.